The summed E-state index contributed by atoms with van der Waals surface area (Å²) in [6.07, 6.45) is 1.17. The number of carbonyl (C=O) groups is 2. The second-order valence-corrected chi connectivity index (χ2v) is 6.21. The molecule has 1 N–H and O–H groups in total. The fourth-order valence-electron chi connectivity index (χ4n) is 2.01. The Morgan fingerprint density at radius 1 is 1.19 bits per heavy atom. The normalized spacial score (nSPS) is 10.4. The second kappa shape index (κ2) is 8.68. The van der Waals surface area contributed by atoms with E-state index in [2.05, 4.69) is 0 Å². The Morgan fingerprint density at radius 2 is 1.92 bits per heavy atom. The third kappa shape index (κ3) is 5.47. The molecule has 26 heavy (non-hydrogen) atoms. The van der Waals surface area contributed by atoms with Gasteiger partial charge in [0.05, 0.1) is 10.0 Å². The minimum absolute atomic E-state index is 0.257. The van der Waals surface area contributed by atoms with Crippen molar-refractivity contribution in [1.82, 2.24) is 14.5 Å². The van der Waals surface area contributed by atoms with Gasteiger partial charge in [-0.05, 0) is 17.7 Å². The highest BCUT2D eigenvalue weighted by molar-refractivity contribution is 6.42. The number of hydrogen-bond acceptors (Lipinski definition) is 5. The van der Waals surface area contributed by atoms with Crippen molar-refractivity contribution in [3.63, 3.8) is 0 Å². The number of carbonyl (C=O) groups excluding carboxylic acids is 2. The number of rotatable bonds is 6. The van der Waals surface area contributed by atoms with E-state index >= 15 is 0 Å². The molecule has 0 aliphatic carbocycles. The van der Waals surface area contributed by atoms with E-state index < -0.39 is 36.3 Å². The average molecular weight is 400 g/mol. The average Bonchev–Trinajstić information content (AvgIpc) is 2.58. The summed E-state index contributed by atoms with van der Waals surface area (Å²) in [5, 5.41) is 0.790. The summed E-state index contributed by atoms with van der Waals surface area (Å²) in [6.45, 7) is -0.638. The van der Waals surface area contributed by atoms with Crippen LogP contribution in [0.5, 0.6) is 0 Å². The highest BCUT2D eigenvalue weighted by atomic mass is 35.5. The van der Waals surface area contributed by atoms with Gasteiger partial charge >= 0.3 is 11.7 Å². The van der Waals surface area contributed by atoms with Gasteiger partial charge in [-0.15, -0.1) is 0 Å². The number of benzene rings is 1. The van der Waals surface area contributed by atoms with Crippen molar-refractivity contribution in [3.8, 4) is 0 Å². The van der Waals surface area contributed by atoms with Crippen molar-refractivity contribution in [2.45, 2.75) is 13.1 Å². The van der Waals surface area contributed by atoms with Crippen LogP contribution in [-0.2, 0) is 27.4 Å². The zero-order chi connectivity index (χ0) is 19.3. The predicted octanol–water partition coefficient (Wildman–Crippen LogP) is 1.05. The molecule has 2 rings (SSSR count). The van der Waals surface area contributed by atoms with Crippen LogP contribution < -0.4 is 11.2 Å². The van der Waals surface area contributed by atoms with Crippen molar-refractivity contribution in [3.05, 3.63) is 66.9 Å². The lowest BCUT2D eigenvalue weighted by molar-refractivity contribution is -0.152. The smallest absolute Gasteiger partial charge is 0.328 e. The highest BCUT2D eigenvalue weighted by Crippen LogP contribution is 2.23. The van der Waals surface area contributed by atoms with Crippen molar-refractivity contribution >= 4 is 35.1 Å². The van der Waals surface area contributed by atoms with Gasteiger partial charge in [-0.3, -0.25) is 23.9 Å². The number of nitrogens with one attached hydrogen (secondary N) is 1. The number of halogens is 2. The van der Waals surface area contributed by atoms with Gasteiger partial charge in [0.1, 0.15) is 6.54 Å². The highest BCUT2D eigenvalue weighted by Gasteiger charge is 2.14. The molecule has 0 fully saturated rings. The van der Waals surface area contributed by atoms with Crippen LogP contribution in [0.25, 0.3) is 0 Å². The van der Waals surface area contributed by atoms with Gasteiger partial charge in [-0.1, -0.05) is 29.3 Å². The monoisotopic (exact) mass is 399 g/mol. The van der Waals surface area contributed by atoms with Crippen LogP contribution in [0.4, 0.5) is 0 Å². The van der Waals surface area contributed by atoms with E-state index in [0.717, 1.165) is 16.2 Å². The zero-order valence-corrected chi connectivity index (χ0v) is 15.2. The van der Waals surface area contributed by atoms with Gasteiger partial charge < -0.3 is 9.64 Å². The number of aromatic nitrogens is 2. The first-order chi connectivity index (χ1) is 12.3. The summed E-state index contributed by atoms with van der Waals surface area (Å²) in [4.78, 5) is 49.6. The molecule has 0 aliphatic heterocycles. The first-order valence-electron chi connectivity index (χ1n) is 7.39. The molecule has 0 unspecified atom stereocenters. The Balaban J connectivity index is 1.86. The summed E-state index contributed by atoms with van der Waals surface area (Å²) < 4.78 is 5.83. The summed E-state index contributed by atoms with van der Waals surface area (Å²) in [5.41, 5.74) is -0.544. The number of hydrogen-bond donors (Lipinski definition) is 1. The van der Waals surface area contributed by atoms with E-state index in [1.807, 2.05) is 4.98 Å². The molecule has 1 heterocycles. The molecule has 0 saturated carbocycles. The number of amides is 1. The number of nitrogens with zero attached hydrogens (tertiary/aromatic N) is 2. The fourth-order valence-corrected chi connectivity index (χ4v) is 2.33. The quantitative estimate of drug-likeness (QED) is 0.731. The van der Waals surface area contributed by atoms with Gasteiger partial charge in [-0.25, -0.2) is 4.79 Å². The Morgan fingerprint density at radius 3 is 2.58 bits per heavy atom. The third-order valence-corrected chi connectivity index (χ3v) is 4.12. The minimum Gasteiger partial charge on any atom is -0.454 e. The molecule has 0 atom stereocenters. The van der Waals surface area contributed by atoms with E-state index in [-0.39, 0.29) is 6.54 Å². The maximum Gasteiger partial charge on any atom is 0.328 e. The third-order valence-electron chi connectivity index (χ3n) is 3.38. The molecule has 8 nitrogen and oxygen atoms in total. The molecule has 138 valence electrons. The van der Waals surface area contributed by atoms with E-state index in [1.54, 1.807) is 25.2 Å². The summed E-state index contributed by atoms with van der Waals surface area (Å²) in [6, 6.07) is 6.10. The molecule has 0 aliphatic rings. The van der Waals surface area contributed by atoms with Crippen LogP contribution in [-0.4, -0.2) is 40.0 Å². The predicted molar refractivity (Wildman–Crippen MR) is 95.2 cm³/mol. The molecule has 1 aromatic carbocycles. The van der Waals surface area contributed by atoms with Crippen LogP contribution in [0.1, 0.15) is 5.56 Å². The fraction of sp³-hybridized carbons (Fsp3) is 0.250. The molecular formula is C16H15Cl2N3O5. The number of esters is 1. The Kier molecular flexibility index (Phi) is 6.59. The topological polar surface area (TPSA) is 101 Å². The van der Waals surface area contributed by atoms with Gasteiger partial charge in [0.2, 0.25) is 0 Å². The minimum atomic E-state index is -0.782. The van der Waals surface area contributed by atoms with Gasteiger partial charge in [0.15, 0.2) is 6.61 Å². The first-order valence-corrected chi connectivity index (χ1v) is 8.15. The summed E-state index contributed by atoms with van der Waals surface area (Å²) >= 11 is 11.8. The van der Waals surface area contributed by atoms with Gasteiger partial charge in [-0.2, -0.15) is 0 Å². The van der Waals surface area contributed by atoms with Crippen molar-refractivity contribution in [2.24, 2.45) is 0 Å². The molecule has 0 spiro atoms. The van der Waals surface area contributed by atoms with Crippen LogP contribution in [0, 0.1) is 0 Å². The first kappa shape index (κ1) is 19.7. The largest absolute Gasteiger partial charge is 0.454 e. The second-order valence-electron chi connectivity index (χ2n) is 5.40. The summed E-state index contributed by atoms with van der Waals surface area (Å²) in [7, 11) is 1.55. The van der Waals surface area contributed by atoms with Crippen LogP contribution in [0.15, 0.2) is 40.1 Å². The van der Waals surface area contributed by atoms with E-state index in [0.29, 0.717) is 10.0 Å². The summed E-state index contributed by atoms with van der Waals surface area (Å²) in [5.74, 6) is -1.21. The number of ether oxygens (including phenoxy) is 1. The number of likely N-dealkylation sites (N-methyl/N-ethyl adjacent to an activating group) is 1. The lowest BCUT2D eigenvalue weighted by Crippen LogP contribution is -2.34. The lowest BCUT2D eigenvalue weighted by Gasteiger charge is -2.17. The van der Waals surface area contributed by atoms with E-state index in [1.165, 1.54) is 11.1 Å². The van der Waals surface area contributed by atoms with Crippen LogP contribution in [0.3, 0.4) is 0 Å². The molecule has 0 bridgehead atoms. The van der Waals surface area contributed by atoms with Gasteiger partial charge in [0.25, 0.3) is 11.5 Å². The molecule has 2 aromatic rings. The van der Waals surface area contributed by atoms with Crippen LogP contribution in [0.2, 0.25) is 10.0 Å². The van der Waals surface area contributed by atoms with Crippen LogP contribution >= 0.6 is 23.2 Å². The Bertz CT molecular complexity index is 938. The van der Waals surface area contributed by atoms with Crippen molar-refractivity contribution in [2.75, 3.05) is 13.7 Å². The molecule has 0 saturated heterocycles. The van der Waals surface area contributed by atoms with E-state index in [4.69, 9.17) is 27.9 Å². The molecule has 10 heteroatoms. The van der Waals surface area contributed by atoms with Crippen molar-refractivity contribution in [1.29, 1.82) is 0 Å². The lowest BCUT2D eigenvalue weighted by atomic mass is 10.2. The molecule has 1 aromatic heterocycles. The maximum absolute atomic E-state index is 12.0. The molecule has 1 amide bonds. The molecular weight excluding hydrogens is 385 g/mol. The standard InChI is InChI=1S/C16H15Cl2N3O5/c1-20(7-10-2-3-11(17)12(18)6-10)14(23)9-26-15(24)8-21-5-4-13(22)19-16(21)25/h2-6H,7-9H2,1H3,(H,19,22,25). The maximum atomic E-state index is 12.0. The van der Waals surface area contributed by atoms with Gasteiger partial charge in [0, 0.05) is 25.9 Å². The number of H-pyrrole nitrogens is 1. The zero-order valence-electron chi connectivity index (χ0n) is 13.7. The van der Waals surface area contributed by atoms with E-state index in [9.17, 15) is 19.2 Å². The molecule has 0 radical (unpaired) electrons. The Labute approximate surface area is 157 Å². The number of aromatic amines is 1. The van der Waals surface area contributed by atoms with Crippen molar-refractivity contribution < 1.29 is 14.3 Å². The Hall–Kier alpha value is -2.58. The SMILES string of the molecule is CN(Cc1ccc(Cl)c(Cl)c1)C(=O)COC(=O)Cn1ccc(=O)[nH]c1=O.